The molecular formula is C8H10O2. The third-order valence-electron chi connectivity index (χ3n) is 1.88. The van der Waals surface area contributed by atoms with E-state index in [-0.39, 0.29) is 18.0 Å². The number of hydrogen-bond donors (Lipinski definition) is 0. The Bertz CT molecular complexity index is 223. The van der Waals surface area contributed by atoms with Gasteiger partial charge in [-0.25, -0.2) is 0 Å². The maximum Gasteiger partial charge on any atom is 0.165 e. The van der Waals surface area contributed by atoms with Gasteiger partial charge < -0.3 is 0 Å². The van der Waals surface area contributed by atoms with Crippen LogP contribution < -0.4 is 0 Å². The number of hydrogen-bond acceptors (Lipinski definition) is 2. The Hall–Kier alpha value is -0.920. The van der Waals surface area contributed by atoms with Gasteiger partial charge in [0.25, 0.3) is 0 Å². The van der Waals surface area contributed by atoms with Crippen molar-refractivity contribution >= 4 is 11.6 Å². The molecule has 0 aromatic rings. The van der Waals surface area contributed by atoms with Gasteiger partial charge in [0.2, 0.25) is 0 Å². The molecule has 0 atom stereocenters. The second-order valence-corrected chi connectivity index (χ2v) is 2.72. The lowest BCUT2D eigenvalue weighted by atomic mass is 9.92. The summed E-state index contributed by atoms with van der Waals surface area (Å²) in [6, 6.07) is 0. The number of carbonyl (C=O) groups is 2. The predicted molar refractivity (Wildman–Crippen MR) is 37.6 cm³/mol. The maximum atomic E-state index is 10.9. The molecule has 54 valence electrons. The minimum Gasteiger partial charge on any atom is -0.299 e. The van der Waals surface area contributed by atoms with Crippen molar-refractivity contribution < 1.29 is 9.59 Å². The Morgan fingerprint density at radius 1 is 1.10 bits per heavy atom. The van der Waals surface area contributed by atoms with Crippen molar-refractivity contribution in [1.29, 1.82) is 0 Å². The van der Waals surface area contributed by atoms with E-state index >= 15 is 0 Å². The van der Waals surface area contributed by atoms with Crippen LogP contribution in [0.3, 0.4) is 0 Å². The van der Waals surface area contributed by atoms with E-state index in [1.165, 1.54) is 0 Å². The van der Waals surface area contributed by atoms with Crippen LogP contribution in [-0.4, -0.2) is 11.6 Å². The molecule has 2 heteroatoms. The van der Waals surface area contributed by atoms with E-state index in [1.54, 1.807) is 6.92 Å². The molecule has 10 heavy (non-hydrogen) atoms. The fourth-order valence-electron chi connectivity index (χ4n) is 1.04. The summed E-state index contributed by atoms with van der Waals surface area (Å²) in [5.74, 6) is 0.0434. The highest BCUT2D eigenvalue weighted by atomic mass is 16.1. The van der Waals surface area contributed by atoms with Crippen molar-refractivity contribution in [3.8, 4) is 0 Å². The van der Waals surface area contributed by atoms with Crippen molar-refractivity contribution in [2.75, 3.05) is 0 Å². The number of carbonyl (C=O) groups excluding carboxylic acids is 2. The van der Waals surface area contributed by atoms with E-state index in [2.05, 4.69) is 0 Å². The Labute approximate surface area is 59.9 Å². The summed E-state index contributed by atoms with van der Waals surface area (Å²) in [5, 5.41) is 0. The first-order chi connectivity index (χ1) is 4.61. The lowest BCUT2D eigenvalue weighted by molar-refractivity contribution is -0.125. The fraction of sp³-hybridized carbons (Fsp3) is 0.500. The zero-order valence-corrected chi connectivity index (χ0v) is 6.23. The first-order valence-corrected chi connectivity index (χ1v) is 3.32. The smallest absolute Gasteiger partial charge is 0.165 e. The van der Waals surface area contributed by atoms with Gasteiger partial charge in [-0.05, 0) is 19.4 Å². The van der Waals surface area contributed by atoms with Crippen molar-refractivity contribution in [2.24, 2.45) is 0 Å². The molecule has 1 rings (SSSR count). The molecule has 0 fully saturated rings. The van der Waals surface area contributed by atoms with Gasteiger partial charge in [0.1, 0.15) is 5.78 Å². The molecule has 1 aliphatic carbocycles. The molecule has 0 saturated carbocycles. The van der Waals surface area contributed by atoms with Crippen molar-refractivity contribution in [3.05, 3.63) is 11.1 Å². The Morgan fingerprint density at radius 2 is 1.70 bits per heavy atom. The van der Waals surface area contributed by atoms with Crippen molar-refractivity contribution in [1.82, 2.24) is 0 Å². The van der Waals surface area contributed by atoms with E-state index in [1.807, 2.05) is 6.92 Å². The summed E-state index contributed by atoms with van der Waals surface area (Å²) in [6.45, 7) is 3.62. The molecule has 0 heterocycles. The van der Waals surface area contributed by atoms with Crippen LogP contribution in [0.4, 0.5) is 0 Å². The van der Waals surface area contributed by atoms with E-state index in [4.69, 9.17) is 0 Å². The molecule has 0 spiro atoms. The lowest BCUT2D eigenvalue weighted by Gasteiger charge is -2.11. The molecule has 0 aromatic carbocycles. The second kappa shape index (κ2) is 2.37. The van der Waals surface area contributed by atoms with Gasteiger partial charge in [-0.15, -0.1) is 0 Å². The molecule has 0 N–H and O–H groups in total. The molecule has 0 radical (unpaired) electrons. The largest absolute Gasteiger partial charge is 0.299 e. The van der Waals surface area contributed by atoms with Gasteiger partial charge in [0.15, 0.2) is 5.78 Å². The summed E-state index contributed by atoms with van der Waals surface area (Å²) in [7, 11) is 0. The number of ketones is 2. The average Bonchev–Trinajstić information content (AvgIpc) is 1.82. The van der Waals surface area contributed by atoms with Crippen molar-refractivity contribution in [3.63, 3.8) is 0 Å². The van der Waals surface area contributed by atoms with E-state index in [0.29, 0.717) is 6.42 Å². The first kappa shape index (κ1) is 7.19. The highest BCUT2D eigenvalue weighted by Gasteiger charge is 2.19. The van der Waals surface area contributed by atoms with Crippen LogP contribution in [0.5, 0.6) is 0 Å². The quantitative estimate of drug-likeness (QED) is 0.472. The van der Waals surface area contributed by atoms with Crippen LogP contribution >= 0.6 is 0 Å². The fourth-order valence-corrected chi connectivity index (χ4v) is 1.04. The molecule has 0 bridgehead atoms. The minimum atomic E-state index is -0.00579. The molecule has 0 unspecified atom stereocenters. The Kier molecular flexibility index (Phi) is 1.70. The molecule has 0 saturated heterocycles. The highest BCUT2D eigenvalue weighted by Crippen LogP contribution is 2.17. The Morgan fingerprint density at radius 3 is 2.20 bits per heavy atom. The summed E-state index contributed by atoms with van der Waals surface area (Å²) in [6.07, 6.45) is 0.584. The molecule has 0 aliphatic heterocycles. The minimum absolute atomic E-state index is 0.00579. The molecule has 1 aliphatic rings. The van der Waals surface area contributed by atoms with E-state index in [9.17, 15) is 9.59 Å². The highest BCUT2D eigenvalue weighted by molar-refractivity contribution is 6.11. The van der Waals surface area contributed by atoms with Crippen LogP contribution in [0.25, 0.3) is 0 Å². The summed E-state index contributed by atoms with van der Waals surface area (Å²) >= 11 is 0. The normalized spacial score (nSPS) is 20.2. The lowest BCUT2D eigenvalue weighted by Crippen LogP contribution is -2.16. The van der Waals surface area contributed by atoms with Crippen LogP contribution in [0, 0.1) is 0 Å². The van der Waals surface area contributed by atoms with Crippen LogP contribution in [0.2, 0.25) is 0 Å². The van der Waals surface area contributed by atoms with Crippen molar-refractivity contribution in [2.45, 2.75) is 26.7 Å². The molecule has 0 aromatic heterocycles. The van der Waals surface area contributed by atoms with Crippen LogP contribution in [0.1, 0.15) is 26.7 Å². The maximum absolute atomic E-state index is 10.9. The third kappa shape index (κ3) is 1.15. The zero-order valence-electron chi connectivity index (χ0n) is 6.23. The zero-order chi connectivity index (χ0) is 7.72. The number of allylic oxidation sites excluding steroid dienone is 2. The molecule has 2 nitrogen and oxygen atoms in total. The monoisotopic (exact) mass is 138 g/mol. The third-order valence-corrected chi connectivity index (χ3v) is 1.88. The van der Waals surface area contributed by atoms with E-state index in [0.717, 1.165) is 11.1 Å². The summed E-state index contributed by atoms with van der Waals surface area (Å²) < 4.78 is 0. The standard InChI is InChI=1S/C8H10O2/c1-5-3-7(9)4-8(10)6(5)2/h3-4H2,1-2H3. The van der Waals surface area contributed by atoms with Gasteiger partial charge >= 0.3 is 0 Å². The summed E-state index contributed by atoms with van der Waals surface area (Å²) in [5.41, 5.74) is 1.71. The molecular weight excluding hydrogens is 128 g/mol. The SMILES string of the molecule is CC1=C(C)C(=O)CC(=O)C1. The topological polar surface area (TPSA) is 34.1 Å². The predicted octanol–water partition coefficient (Wildman–Crippen LogP) is 1.25. The number of Topliss-reactive ketones (excluding diaryl/α,β-unsaturated/α-hetero) is 2. The number of rotatable bonds is 0. The van der Waals surface area contributed by atoms with Gasteiger partial charge in [0, 0.05) is 6.42 Å². The van der Waals surface area contributed by atoms with Gasteiger partial charge in [0.05, 0.1) is 6.42 Å². The molecule has 0 amide bonds. The Balaban J connectivity index is 2.95. The van der Waals surface area contributed by atoms with Gasteiger partial charge in [-0.2, -0.15) is 0 Å². The average molecular weight is 138 g/mol. The van der Waals surface area contributed by atoms with Gasteiger partial charge in [-0.1, -0.05) is 5.57 Å². The van der Waals surface area contributed by atoms with Crippen LogP contribution in [-0.2, 0) is 9.59 Å². The second-order valence-electron chi connectivity index (χ2n) is 2.72. The first-order valence-electron chi connectivity index (χ1n) is 3.32. The van der Waals surface area contributed by atoms with E-state index < -0.39 is 0 Å². The van der Waals surface area contributed by atoms with Gasteiger partial charge in [-0.3, -0.25) is 9.59 Å². The summed E-state index contributed by atoms with van der Waals surface area (Å²) in [4.78, 5) is 21.7. The van der Waals surface area contributed by atoms with Crippen LogP contribution in [0.15, 0.2) is 11.1 Å².